The van der Waals surface area contributed by atoms with E-state index in [9.17, 15) is 4.79 Å². The van der Waals surface area contributed by atoms with Crippen LogP contribution in [-0.2, 0) is 11.2 Å². The molecule has 2 aromatic heterocycles. The second kappa shape index (κ2) is 6.39. The molecule has 1 amide bonds. The first-order chi connectivity index (χ1) is 11.4. The summed E-state index contributed by atoms with van der Waals surface area (Å²) in [7, 11) is 0. The average molecular weight is 326 g/mol. The molecule has 24 heavy (non-hydrogen) atoms. The largest absolute Gasteiger partial charge is 0.444 e. The van der Waals surface area contributed by atoms with Gasteiger partial charge in [-0.3, -0.25) is 0 Å². The van der Waals surface area contributed by atoms with Crippen molar-refractivity contribution in [1.29, 1.82) is 0 Å². The van der Waals surface area contributed by atoms with Gasteiger partial charge in [-0.2, -0.15) is 0 Å². The molecule has 3 N–H and O–H groups in total. The van der Waals surface area contributed by atoms with Gasteiger partial charge in [-0.25, -0.2) is 9.78 Å². The van der Waals surface area contributed by atoms with E-state index in [0.29, 0.717) is 12.2 Å². The molecule has 0 aliphatic carbocycles. The van der Waals surface area contributed by atoms with Crippen molar-refractivity contribution in [2.24, 2.45) is 0 Å². The van der Waals surface area contributed by atoms with E-state index in [1.807, 2.05) is 45.2 Å². The topological polar surface area (TPSA) is 82.8 Å². The van der Waals surface area contributed by atoms with Crippen LogP contribution < -0.4 is 5.32 Å². The third kappa shape index (κ3) is 3.76. The van der Waals surface area contributed by atoms with E-state index in [-0.39, 0.29) is 6.04 Å². The molecule has 0 unspecified atom stereocenters. The van der Waals surface area contributed by atoms with Crippen LogP contribution in [0.2, 0.25) is 0 Å². The summed E-state index contributed by atoms with van der Waals surface area (Å²) in [6.07, 6.45) is 5.54. The average Bonchev–Trinajstić information content (AvgIpc) is 3.14. The molecule has 0 bridgehead atoms. The normalized spacial score (nSPS) is 13.0. The van der Waals surface area contributed by atoms with Gasteiger partial charge in [0.05, 0.1) is 6.04 Å². The minimum absolute atomic E-state index is 0.297. The van der Waals surface area contributed by atoms with Crippen molar-refractivity contribution >= 4 is 17.0 Å². The first-order valence-electron chi connectivity index (χ1n) is 7.96. The molecule has 2 heterocycles. The van der Waals surface area contributed by atoms with Gasteiger partial charge in [-0.05, 0) is 32.4 Å². The number of benzene rings is 1. The highest BCUT2D eigenvalue weighted by Gasteiger charge is 2.23. The number of aromatic nitrogens is 3. The number of H-pyrrole nitrogens is 2. The molecule has 3 aromatic rings. The summed E-state index contributed by atoms with van der Waals surface area (Å²) in [5.74, 6) is 0.700. The minimum atomic E-state index is -0.543. The molecule has 0 spiro atoms. The van der Waals surface area contributed by atoms with Gasteiger partial charge in [0.1, 0.15) is 11.4 Å². The zero-order valence-corrected chi connectivity index (χ0v) is 14.1. The zero-order chi connectivity index (χ0) is 17.2. The molecule has 0 fully saturated rings. The molecule has 6 nitrogen and oxygen atoms in total. The fourth-order valence-corrected chi connectivity index (χ4v) is 2.65. The standard InChI is InChI=1S/C18H22N4O2/c1-18(2,3)24-17(23)22-15(16-19-8-9-20-16)10-12-11-21-14-7-5-4-6-13(12)14/h4-9,11,15,21H,10H2,1-3H3,(H,19,20)(H,22,23)/t15-/m0/s1. The summed E-state index contributed by atoms with van der Waals surface area (Å²) in [4.78, 5) is 22.8. The Morgan fingerprint density at radius 1 is 1.29 bits per heavy atom. The summed E-state index contributed by atoms with van der Waals surface area (Å²) >= 11 is 0. The second-order valence-corrected chi connectivity index (χ2v) is 6.74. The Bertz CT molecular complexity index is 815. The van der Waals surface area contributed by atoms with E-state index in [0.717, 1.165) is 16.5 Å². The molecule has 6 heteroatoms. The SMILES string of the molecule is CC(C)(C)OC(=O)N[C@@H](Cc1c[nH]c2ccccc12)c1ncc[nH]1. The van der Waals surface area contributed by atoms with Gasteiger partial charge in [-0.15, -0.1) is 0 Å². The summed E-state index contributed by atoms with van der Waals surface area (Å²) < 4.78 is 5.37. The lowest BCUT2D eigenvalue weighted by atomic mass is 10.0. The first kappa shape index (κ1) is 16.1. The maximum Gasteiger partial charge on any atom is 0.408 e. The smallest absolute Gasteiger partial charge is 0.408 e. The quantitative estimate of drug-likeness (QED) is 0.683. The van der Waals surface area contributed by atoms with Crippen molar-refractivity contribution in [3.05, 3.63) is 54.2 Å². The van der Waals surface area contributed by atoms with E-state index < -0.39 is 11.7 Å². The number of amides is 1. The Morgan fingerprint density at radius 3 is 2.79 bits per heavy atom. The van der Waals surface area contributed by atoms with Crippen molar-refractivity contribution in [3.63, 3.8) is 0 Å². The molecular formula is C18H22N4O2. The highest BCUT2D eigenvalue weighted by atomic mass is 16.6. The third-order valence-electron chi connectivity index (χ3n) is 3.64. The molecule has 0 saturated heterocycles. The fourth-order valence-electron chi connectivity index (χ4n) is 2.65. The van der Waals surface area contributed by atoms with Gasteiger partial charge in [0, 0.05) is 35.9 Å². The van der Waals surface area contributed by atoms with Gasteiger partial charge < -0.3 is 20.0 Å². The van der Waals surface area contributed by atoms with Crippen LogP contribution in [-0.4, -0.2) is 26.6 Å². The monoisotopic (exact) mass is 326 g/mol. The van der Waals surface area contributed by atoms with Gasteiger partial charge in [-0.1, -0.05) is 18.2 Å². The van der Waals surface area contributed by atoms with Crippen LogP contribution in [0.1, 0.15) is 38.2 Å². The zero-order valence-electron chi connectivity index (χ0n) is 14.1. The van der Waals surface area contributed by atoms with E-state index in [1.165, 1.54) is 0 Å². The highest BCUT2D eigenvalue weighted by Crippen LogP contribution is 2.23. The van der Waals surface area contributed by atoms with Crippen molar-refractivity contribution in [2.45, 2.75) is 38.8 Å². The van der Waals surface area contributed by atoms with Crippen LogP contribution in [0, 0.1) is 0 Å². The van der Waals surface area contributed by atoms with Crippen LogP contribution >= 0.6 is 0 Å². The number of nitrogens with zero attached hydrogens (tertiary/aromatic N) is 1. The Morgan fingerprint density at radius 2 is 2.08 bits per heavy atom. The number of hydrogen-bond donors (Lipinski definition) is 3. The second-order valence-electron chi connectivity index (χ2n) is 6.74. The molecule has 3 rings (SSSR count). The maximum atomic E-state index is 12.2. The highest BCUT2D eigenvalue weighted by molar-refractivity contribution is 5.83. The number of carbonyl (C=O) groups excluding carboxylic acids is 1. The Hall–Kier alpha value is -2.76. The number of aromatic amines is 2. The Balaban J connectivity index is 1.82. The molecule has 1 atom stereocenters. The number of nitrogens with one attached hydrogen (secondary N) is 3. The van der Waals surface area contributed by atoms with E-state index in [1.54, 1.807) is 12.4 Å². The predicted molar refractivity (Wildman–Crippen MR) is 92.7 cm³/mol. The van der Waals surface area contributed by atoms with Gasteiger partial charge in [0.25, 0.3) is 0 Å². The predicted octanol–water partition coefficient (Wildman–Crippen LogP) is 3.70. The van der Waals surface area contributed by atoms with Crippen molar-refractivity contribution < 1.29 is 9.53 Å². The van der Waals surface area contributed by atoms with Gasteiger partial charge in [0.2, 0.25) is 0 Å². The lowest BCUT2D eigenvalue weighted by molar-refractivity contribution is 0.0501. The number of rotatable bonds is 4. The molecule has 126 valence electrons. The molecule has 0 aliphatic heterocycles. The van der Waals surface area contributed by atoms with Crippen molar-refractivity contribution in [1.82, 2.24) is 20.3 Å². The fraction of sp³-hybridized carbons (Fsp3) is 0.333. The van der Waals surface area contributed by atoms with Crippen LogP contribution in [0.4, 0.5) is 4.79 Å². The number of carbonyl (C=O) groups is 1. The summed E-state index contributed by atoms with van der Waals surface area (Å²) in [5.41, 5.74) is 1.64. The summed E-state index contributed by atoms with van der Waals surface area (Å²) in [6.45, 7) is 5.52. The number of para-hydroxylation sites is 1. The molecule has 1 aromatic carbocycles. The number of ether oxygens (including phenoxy) is 1. The Kier molecular flexibility index (Phi) is 4.29. The Labute approximate surface area is 140 Å². The van der Waals surface area contributed by atoms with Crippen LogP contribution in [0.3, 0.4) is 0 Å². The van der Waals surface area contributed by atoms with Crippen LogP contribution in [0.15, 0.2) is 42.9 Å². The molecule has 0 radical (unpaired) electrons. The number of fused-ring (bicyclic) bond motifs is 1. The van der Waals surface area contributed by atoms with Gasteiger partial charge in [0.15, 0.2) is 0 Å². The van der Waals surface area contributed by atoms with E-state index in [2.05, 4.69) is 26.3 Å². The van der Waals surface area contributed by atoms with Crippen molar-refractivity contribution in [3.8, 4) is 0 Å². The number of imidazole rings is 1. The lowest BCUT2D eigenvalue weighted by Gasteiger charge is -2.22. The lowest BCUT2D eigenvalue weighted by Crippen LogP contribution is -2.36. The van der Waals surface area contributed by atoms with Gasteiger partial charge >= 0.3 is 6.09 Å². The first-order valence-corrected chi connectivity index (χ1v) is 7.96. The van der Waals surface area contributed by atoms with Crippen LogP contribution in [0.5, 0.6) is 0 Å². The van der Waals surface area contributed by atoms with Crippen molar-refractivity contribution in [2.75, 3.05) is 0 Å². The third-order valence-corrected chi connectivity index (χ3v) is 3.64. The van der Waals surface area contributed by atoms with E-state index in [4.69, 9.17) is 4.74 Å². The van der Waals surface area contributed by atoms with E-state index >= 15 is 0 Å². The molecule has 0 saturated carbocycles. The minimum Gasteiger partial charge on any atom is -0.444 e. The van der Waals surface area contributed by atoms with Crippen LogP contribution in [0.25, 0.3) is 10.9 Å². The molecule has 0 aliphatic rings. The number of hydrogen-bond acceptors (Lipinski definition) is 3. The summed E-state index contributed by atoms with van der Waals surface area (Å²) in [5, 5.41) is 4.05. The number of alkyl carbamates (subject to hydrolysis) is 1. The summed E-state index contributed by atoms with van der Waals surface area (Å²) in [6, 6.07) is 7.79. The maximum absolute atomic E-state index is 12.2. The molecular weight excluding hydrogens is 304 g/mol.